The zero-order valence-electron chi connectivity index (χ0n) is 20.1. The zero-order chi connectivity index (χ0) is 25.5. The molecule has 0 spiro atoms. The number of carbonyl (C=O) groups excluding carboxylic acids is 3. The van der Waals surface area contributed by atoms with E-state index in [4.69, 9.17) is 11.2 Å². The van der Waals surface area contributed by atoms with Crippen LogP contribution in [0, 0.1) is 26.3 Å². The Balaban J connectivity index is 2.42. The summed E-state index contributed by atoms with van der Waals surface area (Å²) < 4.78 is 5.17. The number of rotatable bonds is 7. The molecular formula is C26H31N3O5. The van der Waals surface area contributed by atoms with E-state index in [2.05, 4.69) is 16.7 Å². The fourth-order valence-electron chi connectivity index (χ4n) is 3.27. The Morgan fingerprint density at radius 3 is 2.18 bits per heavy atom. The molecule has 3 N–H and O–H groups in total. The molecule has 0 fully saturated rings. The van der Waals surface area contributed by atoms with Gasteiger partial charge in [-0.2, -0.15) is 0 Å². The van der Waals surface area contributed by atoms with Crippen molar-refractivity contribution in [3.8, 4) is 12.5 Å². The maximum atomic E-state index is 13.5. The molecule has 3 amide bonds. The maximum absolute atomic E-state index is 13.5. The number of aryl methyl sites for hydroxylation is 2. The third-order valence-electron chi connectivity index (χ3n) is 4.94. The van der Waals surface area contributed by atoms with Crippen LogP contribution >= 0.6 is 0 Å². The third-order valence-corrected chi connectivity index (χ3v) is 4.94. The van der Waals surface area contributed by atoms with Crippen LogP contribution in [-0.4, -0.2) is 46.2 Å². The molecule has 0 bridgehead atoms. The predicted octanol–water partition coefficient (Wildman–Crippen LogP) is 3.29. The van der Waals surface area contributed by atoms with E-state index in [0.717, 1.165) is 16.0 Å². The summed E-state index contributed by atoms with van der Waals surface area (Å²) in [4.78, 5) is 39.9. The van der Waals surface area contributed by atoms with Crippen molar-refractivity contribution < 1.29 is 24.2 Å². The van der Waals surface area contributed by atoms with Crippen molar-refractivity contribution in [3.05, 3.63) is 65.2 Å². The average molecular weight is 466 g/mol. The van der Waals surface area contributed by atoms with Crippen molar-refractivity contribution in [1.82, 2.24) is 10.2 Å². The van der Waals surface area contributed by atoms with Crippen LogP contribution in [0.3, 0.4) is 0 Å². The predicted molar refractivity (Wildman–Crippen MR) is 130 cm³/mol. The zero-order valence-corrected chi connectivity index (χ0v) is 20.1. The number of nitrogens with one attached hydrogen (secondary N) is 2. The quantitative estimate of drug-likeness (QED) is 0.430. The molecule has 34 heavy (non-hydrogen) atoms. The van der Waals surface area contributed by atoms with E-state index in [1.165, 1.54) is 0 Å². The Hall–Kier alpha value is -3.83. The van der Waals surface area contributed by atoms with Gasteiger partial charge in [0.15, 0.2) is 0 Å². The van der Waals surface area contributed by atoms with E-state index < -0.39 is 42.2 Å². The lowest BCUT2D eigenvalue weighted by Gasteiger charge is -2.30. The molecule has 2 atom stereocenters. The minimum Gasteiger partial charge on any atom is -0.444 e. The van der Waals surface area contributed by atoms with Crippen LogP contribution < -0.4 is 10.6 Å². The minimum absolute atomic E-state index is 0.508. The van der Waals surface area contributed by atoms with Crippen molar-refractivity contribution in [2.45, 2.75) is 52.3 Å². The summed E-state index contributed by atoms with van der Waals surface area (Å²) in [5.74, 6) is -1.37. The Labute approximate surface area is 200 Å². The molecule has 0 aliphatic rings. The first-order chi connectivity index (χ1) is 16.0. The number of anilines is 1. The van der Waals surface area contributed by atoms with Gasteiger partial charge in [0.05, 0.1) is 6.61 Å². The van der Waals surface area contributed by atoms with E-state index in [9.17, 15) is 19.5 Å². The summed E-state index contributed by atoms with van der Waals surface area (Å²) in [6, 6.07) is 13.9. The normalized spacial score (nSPS) is 12.6. The summed E-state index contributed by atoms with van der Waals surface area (Å²) in [5.41, 5.74) is 1.84. The highest BCUT2D eigenvalue weighted by atomic mass is 16.6. The Morgan fingerprint density at radius 2 is 1.65 bits per heavy atom. The summed E-state index contributed by atoms with van der Waals surface area (Å²) in [5, 5.41) is 15.0. The number of ether oxygens (including phenoxy) is 1. The van der Waals surface area contributed by atoms with Crippen LogP contribution in [0.25, 0.3) is 0 Å². The second kappa shape index (κ2) is 11.3. The Morgan fingerprint density at radius 1 is 1.06 bits per heavy atom. The molecule has 8 heteroatoms. The highest BCUT2D eigenvalue weighted by Crippen LogP contribution is 2.27. The molecule has 0 saturated heterocycles. The van der Waals surface area contributed by atoms with Crippen molar-refractivity contribution >= 4 is 23.6 Å². The van der Waals surface area contributed by atoms with Gasteiger partial charge in [0.2, 0.25) is 0 Å². The first-order valence-electron chi connectivity index (χ1n) is 10.8. The summed E-state index contributed by atoms with van der Waals surface area (Å²) in [6.07, 6.45) is 4.80. The molecule has 8 nitrogen and oxygen atoms in total. The standard InChI is InChI=1S/C26H31N3O5/c1-7-29(24(32)21(16-30)28-25(33)34-26(4,5)6)22(19-14-10-8-12-17(19)2)23(31)27-20-15-11-9-13-18(20)3/h1,8-15,21-22,30H,16H2,2-6H3,(H,27,31)(H,28,33). The third kappa shape index (κ3) is 6.83. The van der Waals surface area contributed by atoms with Crippen LogP contribution in [0.1, 0.15) is 43.5 Å². The lowest BCUT2D eigenvalue weighted by atomic mass is 9.98. The van der Waals surface area contributed by atoms with Gasteiger partial charge in [-0.05, 0) is 57.4 Å². The molecule has 0 aromatic heterocycles. The van der Waals surface area contributed by atoms with Gasteiger partial charge in [-0.15, -0.1) is 0 Å². The van der Waals surface area contributed by atoms with Crippen molar-refractivity contribution in [2.75, 3.05) is 11.9 Å². The number of amides is 3. The number of aliphatic hydroxyl groups is 1. The van der Waals surface area contributed by atoms with E-state index in [1.54, 1.807) is 64.1 Å². The number of para-hydroxylation sites is 1. The Kier molecular flexibility index (Phi) is 8.82. The van der Waals surface area contributed by atoms with Gasteiger partial charge in [-0.25, -0.2) is 4.79 Å². The van der Waals surface area contributed by atoms with E-state index >= 15 is 0 Å². The minimum atomic E-state index is -1.41. The van der Waals surface area contributed by atoms with Crippen LogP contribution in [0.2, 0.25) is 0 Å². The van der Waals surface area contributed by atoms with Crippen LogP contribution in [-0.2, 0) is 14.3 Å². The fraction of sp³-hybridized carbons (Fsp3) is 0.346. The highest BCUT2D eigenvalue weighted by molar-refractivity contribution is 6.00. The van der Waals surface area contributed by atoms with Gasteiger partial charge in [0, 0.05) is 11.7 Å². The maximum Gasteiger partial charge on any atom is 0.408 e. The molecule has 0 radical (unpaired) electrons. The van der Waals surface area contributed by atoms with E-state index in [-0.39, 0.29) is 0 Å². The Bertz CT molecular complexity index is 1080. The molecule has 0 aliphatic heterocycles. The number of hydrogen-bond acceptors (Lipinski definition) is 5. The van der Waals surface area contributed by atoms with Crippen molar-refractivity contribution in [1.29, 1.82) is 0 Å². The second-order valence-electron chi connectivity index (χ2n) is 8.78. The monoisotopic (exact) mass is 465 g/mol. The largest absolute Gasteiger partial charge is 0.444 e. The summed E-state index contributed by atoms with van der Waals surface area (Å²) in [7, 11) is 0. The molecule has 0 heterocycles. The number of nitrogens with zero attached hydrogens (tertiary/aromatic N) is 1. The van der Waals surface area contributed by atoms with Crippen LogP contribution in [0.5, 0.6) is 0 Å². The number of aliphatic hydroxyl groups excluding tert-OH is 1. The molecule has 0 saturated carbocycles. The molecule has 2 aromatic rings. The topological polar surface area (TPSA) is 108 Å². The van der Waals surface area contributed by atoms with Crippen molar-refractivity contribution in [3.63, 3.8) is 0 Å². The van der Waals surface area contributed by atoms with Gasteiger partial charge >= 0.3 is 6.09 Å². The SMILES string of the molecule is C#CN(C(=O)C(CO)NC(=O)OC(C)(C)C)C(C(=O)Nc1ccccc1C)c1ccccc1C. The van der Waals surface area contributed by atoms with Gasteiger partial charge in [0.1, 0.15) is 17.7 Å². The summed E-state index contributed by atoms with van der Waals surface area (Å²) in [6.45, 7) is 7.90. The molecule has 2 unspecified atom stereocenters. The molecule has 0 aliphatic carbocycles. The van der Waals surface area contributed by atoms with E-state index in [0.29, 0.717) is 11.3 Å². The second-order valence-corrected chi connectivity index (χ2v) is 8.78. The number of carbonyl (C=O) groups is 3. The number of alkyl carbamates (subject to hydrolysis) is 1. The van der Waals surface area contributed by atoms with Gasteiger partial charge < -0.3 is 20.5 Å². The lowest BCUT2D eigenvalue weighted by Crippen LogP contribution is -2.52. The van der Waals surface area contributed by atoms with Crippen LogP contribution in [0.4, 0.5) is 10.5 Å². The lowest BCUT2D eigenvalue weighted by molar-refractivity contribution is -0.137. The van der Waals surface area contributed by atoms with Gasteiger partial charge in [-0.3, -0.25) is 14.5 Å². The van der Waals surface area contributed by atoms with Gasteiger partial charge in [-0.1, -0.05) is 48.9 Å². The smallest absolute Gasteiger partial charge is 0.408 e. The molecular weight excluding hydrogens is 434 g/mol. The van der Waals surface area contributed by atoms with Gasteiger partial charge in [0.25, 0.3) is 11.8 Å². The molecule has 2 aromatic carbocycles. The average Bonchev–Trinajstić information content (AvgIpc) is 2.76. The molecule has 180 valence electrons. The fourth-order valence-corrected chi connectivity index (χ4v) is 3.27. The first-order valence-corrected chi connectivity index (χ1v) is 10.8. The number of hydrogen-bond donors (Lipinski definition) is 3. The van der Waals surface area contributed by atoms with Crippen molar-refractivity contribution in [2.24, 2.45) is 0 Å². The number of terminal acetylenes is 1. The van der Waals surface area contributed by atoms with Crippen LogP contribution in [0.15, 0.2) is 48.5 Å². The van der Waals surface area contributed by atoms with E-state index in [1.807, 2.05) is 19.1 Å². The molecule has 2 rings (SSSR count). The summed E-state index contributed by atoms with van der Waals surface area (Å²) >= 11 is 0. The highest BCUT2D eigenvalue weighted by Gasteiger charge is 2.36. The number of benzene rings is 2. The first kappa shape index (κ1) is 26.4.